The lowest BCUT2D eigenvalue weighted by Crippen LogP contribution is -2.46. The van der Waals surface area contributed by atoms with E-state index < -0.39 is 0 Å². The van der Waals surface area contributed by atoms with Gasteiger partial charge < -0.3 is 5.32 Å². The molecule has 100 valence electrons. The molecule has 2 atom stereocenters. The van der Waals surface area contributed by atoms with Gasteiger partial charge in [0.1, 0.15) is 0 Å². The average molecular weight is 274 g/mol. The highest BCUT2D eigenvalue weighted by molar-refractivity contribution is 8.13. The van der Waals surface area contributed by atoms with Gasteiger partial charge in [-0.1, -0.05) is 39.5 Å². The molecule has 0 aromatic heterocycles. The molecular formula is C13H26N2S2. The van der Waals surface area contributed by atoms with Crippen LogP contribution in [0.15, 0.2) is 4.99 Å². The summed E-state index contributed by atoms with van der Waals surface area (Å²) in [6.45, 7) is 10.1. The quantitative estimate of drug-likeness (QED) is 0.849. The topological polar surface area (TPSA) is 24.4 Å². The molecule has 2 nitrogen and oxygen atoms in total. The van der Waals surface area contributed by atoms with Crippen molar-refractivity contribution in [3.05, 3.63) is 0 Å². The molecule has 4 heteroatoms. The van der Waals surface area contributed by atoms with Crippen LogP contribution in [0.25, 0.3) is 0 Å². The Balaban J connectivity index is 2.46. The first kappa shape index (κ1) is 15.2. The molecule has 0 aromatic carbocycles. The third kappa shape index (κ3) is 5.56. The van der Waals surface area contributed by atoms with Gasteiger partial charge in [0.05, 0.1) is 0 Å². The summed E-state index contributed by atoms with van der Waals surface area (Å²) in [6.07, 6.45) is 3.40. The van der Waals surface area contributed by atoms with Crippen molar-refractivity contribution in [3.63, 3.8) is 0 Å². The fourth-order valence-electron chi connectivity index (χ4n) is 1.85. The number of amidine groups is 1. The molecule has 1 heterocycles. The van der Waals surface area contributed by atoms with Crippen LogP contribution in [0.3, 0.4) is 0 Å². The van der Waals surface area contributed by atoms with Gasteiger partial charge in [0, 0.05) is 18.3 Å². The van der Waals surface area contributed by atoms with E-state index >= 15 is 0 Å². The van der Waals surface area contributed by atoms with E-state index in [9.17, 15) is 0 Å². The second-order valence-electron chi connectivity index (χ2n) is 5.91. The summed E-state index contributed by atoms with van der Waals surface area (Å²) in [6, 6.07) is 0.568. The van der Waals surface area contributed by atoms with Gasteiger partial charge in [0.25, 0.3) is 0 Å². The Morgan fingerprint density at radius 3 is 2.82 bits per heavy atom. The van der Waals surface area contributed by atoms with Gasteiger partial charge in [-0.2, -0.15) is 11.8 Å². The van der Waals surface area contributed by atoms with E-state index in [1.54, 1.807) is 0 Å². The SMILES string of the molecule is CSCC(C)CN=C1NC(C(C)(C)C)CCS1. The first-order valence-corrected chi connectivity index (χ1v) is 8.74. The van der Waals surface area contributed by atoms with Gasteiger partial charge in [-0.05, 0) is 29.8 Å². The standard InChI is InChI=1S/C13H26N2S2/c1-10(9-16-5)8-14-12-15-11(6-7-17-12)13(2,3)4/h10-11H,6-9H2,1-5H3,(H,14,15). The zero-order valence-electron chi connectivity index (χ0n) is 11.7. The van der Waals surface area contributed by atoms with Crippen molar-refractivity contribution < 1.29 is 0 Å². The minimum Gasteiger partial charge on any atom is -0.362 e. The third-order valence-corrected chi connectivity index (χ3v) is 4.85. The molecule has 1 N–H and O–H groups in total. The lowest BCUT2D eigenvalue weighted by molar-refractivity contribution is 0.290. The van der Waals surface area contributed by atoms with Gasteiger partial charge in [-0.3, -0.25) is 4.99 Å². The van der Waals surface area contributed by atoms with Crippen LogP contribution >= 0.6 is 23.5 Å². The number of aliphatic imine (C=N–C) groups is 1. The molecule has 1 saturated heterocycles. The van der Waals surface area contributed by atoms with Crippen LogP contribution in [-0.4, -0.2) is 35.5 Å². The van der Waals surface area contributed by atoms with Crippen molar-refractivity contribution >= 4 is 28.7 Å². The molecule has 0 aromatic rings. The second kappa shape index (κ2) is 6.93. The van der Waals surface area contributed by atoms with Gasteiger partial charge >= 0.3 is 0 Å². The minimum absolute atomic E-state index is 0.326. The van der Waals surface area contributed by atoms with Gasteiger partial charge in [0.15, 0.2) is 5.17 Å². The molecule has 17 heavy (non-hydrogen) atoms. The largest absolute Gasteiger partial charge is 0.362 e. The van der Waals surface area contributed by atoms with Crippen LogP contribution in [0, 0.1) is 11.3 Å². The number of rotatable bonds is 4. The molecule has 0 bridgehead atoms. The second-order valence-corrected chi connectivity index (χ2v) is 7.90. The highest BCUT2D eigenvalue weighted by atomic mass is 32.2. The predicted octanol–water partition coefficient (Wildman–Crippen LogP) is 3.48. The van der Waals surface area contributed by atoms with Crippen LogP contribution in [0.5, 0.6) is 0 Å². The summed E-state index contributed by atoms with van der Waals surface area (Å²) in [5.74, 6) is 3.07. The maximum absolute atomic E-state index is 4.72. The Morgan fingerprint density at radius 1 is 1.53 bits per heavy atom. The van der Waals surface area contributed by atoms with Gasteiger partial charge in [-0.25, -0.2) is 0 Å². The van der Waals surface area contributed by atoms with Crippen molar-refractivity contribution in [1.82, 2.24) is 5.32 Å². The Hall–Kier alpha value is 0.170. The Kier molecular flexibility index (Phi) is 6.21. The van der Waals surface area contributed by atoms with Gasteiger partial charge in [-0.15, -0.1) is 0 Å². The molecule has 0 aliphatic carbocycles. The highest BCUT2D eigenvalue weighted by Gasteiger charge is 2.28. The molecule has 2 unspecified atom stereocenters. The van der Waals surface area contributed by atoms with Crippen LogP contribution < -0.4 is 5.32 Å². The molecule has 1 rings (SSSR count). The smallest absolute Gasteiger partial charge is 0.156 e. The van der Waals surface area contributed by atoms with E-state index in [0.717, 1.165) is 11.7 Å². The van der Waals surface area contributed by atoms with E-state index in [4.69, 9.17) is 4.99 Å². The number of thioether (sulfide) groups is 2. The normalized spacial score (nSPS) is 25.7. The molecule has 0 saturated carbocycles. The van der Waals surface area contributed by atoms with E-state index in [-0.39, 0.29) is 0 Å². The lowest BCUT2D eigenvalue weighted by Gasteiger charge is -2.35. The zero-order chi connectivity index (χ0) is 12.9. The zero-order valence-corrected chi connectivity index (χ0v) is 13.4. The summed E-state index contributed by atoms with van der Waals surface area (Å²) in [5.41, 5.74) is 0.326. The van der Waals surface area contributed by atoms with Crippen LogP contribution in [0.2, 0.25) is 0 Å². The Bertz CT molecular complexity index is 259. The summed E-state index contributed by atoms with van der Waals surface area (Å²) >= 11 is 3.78. The fourth-order valence-corrected chi connectivity index (χ4v) is 3.47. The van der Waals surface area contributed by atoms with E-state index in [0.29, 0.717) is 17.4 Å². The molecule has 1 aliphatic rings. The first-order valence-electron chi connectivity index (χ1n) is 6.36. The predicted molar refractivity (Wildman–Crippen MR) is 83.3 cm³/mol. The molecule has 0 spiro atoms. The van der Waals surface area contributed by atoms with E-state index in [2.05, 4.69) is 39.3 Å². The number of hydrogen-bond acceptors (Lipinski definition) is 3. The van der Waals surface area contributed by atoms with Crippen molar-refractivity contribution in [2.24, 2.45) is 16.3 Å². The minimum atomic E-state index is 0.326. The van der Waals surface area contributed by atoms with E-state index in [1.165, 1.54) is 17.9 Å². The summed E-state index contributed by atoms with van der Waals surface area (Å²) in [7, 11) is 0. The Labute approximate surface area is 115 Å². The number of nitrogens with one attached hydrogen (secondary N) is 1. The fraction of sp³-hybridized carbons (Fsp3) is 0.923. The maximum atomic E-state index is 4.72. The molecule has 1 fully saturated rings. The summed E-state index contributed by atoms with van der Waals surface area (Å²) in [4.78, 5) is 4.72. The lowest BCUT2D eigenvalue weighted by atomic mass is 9.85. The number of hydrogen-bond donors (Lipinski definition) is 1. The molecular weight excluding hydrogens is 248 g/mol. The van der Waals surface area contributed by atoms with Crippen molar-refractivity contribution in [2.75, 3.05) is 24.3 Å². The molecule has 1 aliphatic heterocycles. The van der Waals surface area contributed by atoms with Crippen LogP contribution in [0.4, 0.5) is 0 Å². The Morgan fingerprint density at radius 2 is 2.24 bits per heavy atom. The third-order valence-electron chi connectivity index (χ3n) is 2.99. The first-order chi connectivity index (χ1) is 7.93. The van der Waals surface area contributed by atoms with Crippen molar-refractivity contribution in [3.8, 4) is 0 Å². The summed E-state index contributed by atoms with van der Waals surface area (Å²) in [5, 5.41) is 4.75. The van der Waals surface area contributed by atoms with Crippen LogP contribution in [-0.2, 0) is 0 Å². The monoisotopic (exact) mass is 274 g/mol. The van der Waals surface area contributed by atoms with Crippen molar-refractivity contribution in [2.45, 2.75) is 40.2 Å². The highest BCUT2D eigenvalue weighted by Crippen LogP contribution is 2.27. The van der Waals surface area contributed by atoms with Crippen LogP contribution in [0.1, 0.15) is 34.1 Å². The number of nitrogens with zero attached hydrogens (tertiary/aromatic N) is 1. The van der Waals surface area contributed by atoms with Gasteiger partial charge in [0.2, 0.25) is 0 Å². The van der Waals surface area contributed by atoms with E-state index in [1.807, 2.05) is 23.5 Å². The summed E-state index contributed by atoms with van der Waals surface area (Å²) < 4.78 is 0. The average Bonchev–Trinajstić information content (AvgIpc) is 2.26. The molecule has 0 amide bonds. The van der Waals surface area contributed by atoms with Crippen molar-refractivity contribution in [1.29, 1.82) is 0 Å². The maximum Gasteiger partial charge on any atom is 0.156 e. The molecule has 0 radical (unpaired) electrons.